The van der Waals surface area contributed by atoms with Crippen LogP contribution in [0.25, 0.3) is 0 Å². The van der Waals surface area contributed by atoms with E-state index in [1.165, 1.54) is 6.07 Å². The Morgan fingerprint density at radius 1 is 1.33 bits per heavy atom. The molecule has 1 aromatic heterocycles. The summed E-state index contributed by atoms with van der Waals surface area (Å²) in [7, 11) is 0. The maximum absolute atomic E-state index is 10.3. The Bertz CT molecular complexity index is 223. The van der Waals surface area contributed by atoms with Crippen molar-refractivity contribution in [1.29, 1.82) is 0 Å². The summed E-state index contributed by atoms with van der Waals surface area (Å²) in [5.41, 5.74) is 0. The first-order valence-electron chi connectivity index (χ1n) is 2.31. The van der Waals surface area contributed by atoms with E-state index in [1.807, 2.05) is 0 Å². The van der Waals surface area contributed by atoms with Crippen molar-refractivity contribution in [3.05, 3.63) is 23.5 Å². The summed E-state index contributed by atoms with van der Waals surface area (Å²) < 4.78 is 0.176. The highest BCUT2D eigenvalue weighted by Crippen LogP contribution is 2.06. The third-order valence-corrected chi connectivity index (χ3v) is 0.878. The molecule has 0 aliphatic heterocycles. The molecule has 0 aromatic carbocycles. The van der Waals surface area contributed by atoms with Crippen LogP contribution in [0.3, 0.4) is 0 Å². The zero-order valence-corrected chi connectivity index (χ0v) is 4.48. The molecular weight excluding hydrogens is 122 g/mol. The van der Waals surface area contributed by atoms with Gasteiger partial charge in [0.1, 0.15) is 0 Å². The number of aromatic hydroxyl groups is 2. The summed E-state index contributed by atoms with van der Waals surface area (Å²) in [6.07, 6.45) is 0.870. The average molecular weight is 127 g/mol. The third kappa shape index (κ3) is 1.02. The Balaban J connectivity index is 3.17. The van der Waals surface area contributed by atoms with Crippen LogP contribution in [0.5, 0.6) is 11.6 Å². The fourth-order valence-corrected chi connectivity index (χ4v) is 0.463. The predicted octanol–water partition coefficient (Wildman–Crippen LogP) is -0.269. The van der Waals surface area contributed by atoms with Gasteiger partial charge >= 0.3 is 5.88 Å². The number of nitrogens with zero attached hydrogens (tertiary/aromatic N) is 1. The Kier molecular flexibility index (Phi) is 1.14. The molecule has 0 aliphatic carbocycles. The maximum Gasteiger partial charge on any atom is 0.377 e. The highest BCUT2D eigenvalue weighted by molar-refractivity contribution is 5.15. The van der Waals surface area contributed by atoms with Crippen LogP contribution in [0.2, 0.25) is 0 Å². The van der Waals surface area contributed by atoms with Crippen molar-refractivity contribution in [1.82, 2.24) is 0 Å². The van der Waals surface area contributed by atoms with Gasteiger partial charge in [0.25, 0.3) is 0 Å². The second-order valence-electron chi connectivity index (χ2n) is 1.57. The molecular formula is C5H5NO3. The second-order valence-corrected chi connectivity index (χ2v) is 1.57. The van der Waals surface area contributed by atoms with Crippen molar-refractivity contribution >= 4 is 0 Å². The number of aromatic nitrogens is 1. The van der Waals surface area contributed by atoms with E-state index in [1.54, 1.807) is 0 Å². The number of rotatable bonds is 0. The first-order valence-corrected chi connectivity index (χ1v) is 2.31. The van der Waals surface area contributed by atoms with E-state index >= 15 is 0 Å². The summed E-state index contributed by atoms with van der Waals surface area (Å²) in [4.78, 5) is 0. The van der Waals surface area contributed by atoms with Crippen molar-refractivity contribution in [2.75, 3.05) is 0 Å². The van der Waals surface area contributed by atoms with Gasteiger partial charge in [-0.3, -0.25) is 0 Å². The lowest BCUT2D eigenvalue weighted by molar-refractivity contribution is -0.613. The Morgan fingerprint density at radius 2 is 2.00 bits per heavy atom. The molecule has 2 N–H and O–H groups in total. The monoisotopic (exact) mass is 127 g/mol. The molecule has 4 nitrogen and oxygen atoms in total. The molecule has 1 heterocycles. The highest BCUT2D eigenvalue weighted by atomic mass is 16.5. The standard InChI is InChI=1S/C5H5NO3/c7-4-1-2-5(8)6(9)3-4/h1-3,7-8H. The minimum absolute atomic E-state index is 0.164. The van der Waals surface area contributed by atoms with Gasteiger partial charge in [-0.15, -0.1) is 4.73 Å². The first-order chi connectivity index (χ1) is 4.20. The molecule has 0 amide bonds. The lowest BCUT2D eigenvalue weighted by atomic mass is 10.4. The van der Waals surface area contributed by atoms with Crippen LogP contribution >= 0.6 is 0 Å². The van der Waals surface area contributed by atoms with Crippen LogP contribution in [0.1, 0.15) is 0 Å². The SMILES string of the molecule is [O-][n+]1cc(O)ccc1O. The summed E-state index contributed by atoms with van der Waals surface area (Å²) in [5.74, 6) is -0.587. The Labute approximate surface area is 51.2 Å². The third-order valence-electron chi connectivity index (χ3n) is 0.878. The predicted molar refractivity (Wildman–Crippen MR) is 28.7 cm³/mol. The maximum atomic E-state index is 10.3. The molecule has 0 atom stereocenters. The van der Waals surface area contributed by atoms with Crippen LogP contribution in [0.4, 0.5) is 0 Å². The van der Waals surface area contributed by atoms with Gasteiger partial charge in [0.15, 0.2) is 5.75 Å². The molecule has 0 bridgehead atoms. The molecule has 9 heavy (non-hydrogen) atoms. The summed E-state index contributed by atoms with van der Waals surface area (Å²) in [6.45, 7) is 0. The van der Waals surface area contributed by atoms with Gasteiger partial charge in [-0.25, -0.2) is 0 Å². The van der Waals surface area contributed by atoms with Crippen LogP contribution in [0, 0.1) is 5.21 Å². The molecule has 0 saturated carbocycles. The summed E-state index contributed by atoms with van der Waals surface area (Å²) >= 11 is 0. The van der Waals surface area contributed by atoms with Crippen molar-refractivity contribution < 1.29 is 14.9 Å². The second kappa shape index (κ2) is 1.81. The number of hydrogen-bond acceptors (Lipinski definition) is 3. The van der Waals surface area contributed by atoms with Crippen molar-refractivity contribution in [3.63, 3.8) is 0 Å². The van der Waals surface area contributed by atoms with Crippen LogP contribution in [0.15, 0.2) is 18.3 Å². The average Bonchev–Trinajstić information content (AvgIpc) is 1.80. The normalized spacial score (nSPS) is 9.33. The van der Waals surface area contributed by atoms with E-state index in [0.29, 0.717) is 0 Å². The quantitative estimate of drug-likeness (QED) is 0.372. The molecule has 0 saturated heterocycles. The van der Waals surface area contributed by atoms with Crippen LogP contribution in [-0.2, 0) is 0 Å². The van der Waals surface area contributed by atoms with E-state index in [4.69, 9.17) is 10.2 Å². The molecule has 4 heteroatoms. The van der Waals surface area contributed by atoms with Gasteiger partial charge in [0, 0.05) is 0 Å². The minimum atomic E-state index is -0.423. The zero-order chi connectivity index (χ0) is 6.85. The lowest BCUT2D eigenvalue weighted by Crippen LogP contribution is -2.24. The Hall–Kier alpha value is -1.45. The molecule has 1 aromatic rings. The molecule has 1 rings (SSSR count). The van der Waals surface area contributed by atoms with Crippen LogP contribution < -0.4 is 4.73 Å². The van der Waals surface area contributed by atoms with Gasteiger partial charge < -0.3 is 15.4 Å². The van der Waals surface area contributed by atoms with Crippen molar-refractivity contribution in [3.8, 4) is 11.6 Å². The minimum Gasteiger partial charge on any atom is -0.616 e. The highest BCUT2D eigenvalue weighted by Gasteiger charge is 2.00. The van der Waals surface area contributed by atoms with Gasteiger partial charge in [0.2, 0.25) is 6.20 Å². The van der Waals surface area contributed by atoms with E-state index in [0.717, 1.165) is 12.3 Å². The molecule has 0 unspecified atom stereocenters. The lowest BCUT2D eigenvalue weighted by Gasteiger charge is -1.95. The van der Waals surface area contributed by atoms with Gasteiger partial charge in [-0.05, 0) is 6.07 Å². The molecule has 0 radical (unpaired) electrons. The first kappa shape index (κ1) is 5.68. The van der Waals surface area contributed by atoms with E-state index in [-0.39, 0.29) is 10.5 Å². The van der Waals surface area contributed by atoms with E-state index in [2.05, 4.69) is 0 Å². The van der Waals surface area contributed by atoms with E-state index < -0.39 is 5.88 Å². The number of hydrogen-bond donors (Lipinski definition) is 2. The number of pyridine rings is 1. The molecule has 0 spiro atoms. The summed E-state index contributed by atoms with van der Waals surface area (Å²) in [5, 5.41) is 27.5. The smallest absolute Gasteiger partial charge is 0.377 e. The Morgan fingerprint density at radius 3 is 2.44 bits per heavy atom. The fourth-order valence-electron chi connectivity index (χ4n) is 0.463. The van der Waals surface area contributed by atoms with Gasteiger partial charge in [-0.1, -0.05) is 0 Å². The fraction of sp³-hybridized carbons (Fsp3) is 0. The summed E-state index contributed by atoms with van der Waals surface area (Å²) in [6, 6.07) is 2.34. The largest absolute Gasteiger partial charge is 0.616 e. The molecule has 48 valence electrons. The van der Waals surface area contributed by atoms with Gasteiger partial charge in [-0.2, -0.15) is 0 Å². The van der Waals surface area contributed by atoms with Crippen LogP contribution in [-0.4, -0.2) is 10.2 Å². The topological polar surface area (TPSA) is 67.4 Å². The zero-order valence-electron chi connectivity index (χ0n) is 4.48. The van der Waals surface area contributed by atoms with E-state index in [9.17, 15) is 5.21 Å². The van der Waals surface area contributed by atoms with Crippen molar-refractivity contribution in [2.45, 2.75) is 0 Å². The van der Waals surface area contributed by atoms with Crippen molar-refractivity contribution in [2.24, 2.45) is 0 Å². The molecule has 0 fully saturated rings. The molecule has 0 aliphatic rings. The van der Waals surface area contributed by atoms with Gasteiger partial charge in [0.05, 0.1) is 6.07 Å².